The molecule has 4 aromatic heterocycles. The van der Waals surface area contributed by atoms with Gasteiger partial charge in [0.15, 0.2) is 5.65 Å². The van der Waals surface area contributed by atoms with Gasteiger partial charge in [0.05, 0.1) is 47.9 Å². The second-order valence-corrected chi connectivity index (χ2v) is 10.1. The van der Waals surface area contributed by atoms with Gasteiger partial charge in [-0.15, -0.1) is 0 Å². The summed E-state index contributed by atoms with van der Waals surface area (Å²) in [5.74, 6) is 0.963. The van der Waals surface area contributed by atoms with Crippen LogP contribution in [0.15, 0.2) is 53.4 Å². The molecule has 2 aliphatic heterocycles. The Hall–Kier alpha value is -4.28. The molecule has 0 aliphatic carbocycles. The van der Waals surface area contributed by atoms with Crippen molar-refractivity contribution >= 4 is 34.3 Å². The van der Waals surface area contributed by atoms with Crippen molar-refractivity contribution < 1.29 is 13.9 Å². The van der Waals surface area contributed by atoms with Crippen molar-refractivity contribution in [3.8, 4) is 11.3 Å². The minimum atomic E-state index is -0.110. The van der Waals surface area contributed by atoms with Gasteiger partial charge in [-0.1, -0.05) is 12.1 Å². The molecule has 7 rings (SSSR count). The number of rotatable bonds is 6. The molecule has 0 saturated carbocycles. The molecule has 38 heavy (non-hydrogen) atoms. The lowest BCUT2D eigenvalue weighted by molar-refractivity contribution is 0.0966. The molecule has 192 valence electrons. The van der Waals surface area contributed by atoms with E-state index in [9.17, 15) is 4.79 Å². The van der Waals surface area contributed by atoms with E-state index in [2.05, 4.69) is 31.6 Å². The summed E-state index contributed by atoms with van der Waals surface area (Å²) in [4.78, 5) is 29.0. The Balaban J connectivity index is 1.29. The number of amides is 1. The summed E-state index contributed by atoms with van der Waals surface area (Å²) in [5, 5.41) is 6.43. The smallest absolute Gasteiger partial charge is 0.254 e. The minimum absolute atomic E-state index is 0.110. The predicted octanol–water partition coefficient (Wildman–Crippen LogP) is 4.09. The van der Waals surface area contributed by atoms with Gasteiger partial charge in [0.25, 0.3) is 5.91 Å². The lowest BCUT2D eigenvalue weighted by Gasteiger charge is -2.19. The van der Waals surface area contributed by atoms with Gasteiger partial charge >= 0.3 is 0 Å². The standard InChI is InChI=1S/C28H27N7O3/c1-34(2)14-21-17(16-7-9-37-15-16)4-6-24(33-21)32-20-5-3-18(19-11-30-27(36)26(19)20)23-12-29-25-13-31-28-22(35(23)25)8-10-38-28/h3-6,8,10,12-13,16H,7,9,11,14-15H2,1-2H3,(H,30,36)(H,32,33). The number of nitrogens with zero attached hydrogens (tertiary/aromatic N) is 5. The average molecular weight is 510 g/mol. The third-order valence-electron chi connectivity index (χ3n) is 7.30. The molecule has 2 aliphatic rings. The number of carbonyl (C=O) groups is 1. The van der Waals surface area contributed by atoms with Gasteiger partial charge in [0.2, 0.25) is 5.71 Å². The molecule has 0 bridgehead atoms. The maximum absolute atomic E-state index is 13.0. The first-order valence-electron chi connectivity index (χ1n) is 12.7. The summed E-state index contributed by atoms with van der Waals surface area (Å²) in [5.41, 5.74) is 8.41. The van der Waals surface area contributed by atoms with E-state index in [0.717, 1.165) is 59.9 Å². The highest BCUT2D eigenvalue weighted by molar-refractivity contribution is 6.06. The first-order valence-corrected chi connectivity index (χ1v) is 12.7. The number of hydrogen-bond donors (Lipinski definition) is 2. The SMILES string of the molecule is CN(C)Cc1nc(Nc2ccc(-c3cnc4cnc5occc5n34)c3c2C(=O)NC3)ccc1C1CCOC1. The number of nitrogens with one attached hydrogen (secondary N) is 2. The second kappa shape index (κ2) is 8.93. The van der Waals surface area contributed by atoms with E-state index in [1.165, 1.54) is 5.56 Å². The fourth-order valence-electron chi connectivity index (χ4n) is 5.57. The average Bonchev–Trinajstić information content (AvgIpc) is 3.70. The topological polar surface area (TPSA) is 110 Å². The molecule has 0 spiro atoms. The van der Waals surface area contributed by atoms with Crippen molar-refractivity contribution in [2.45, 2.75) is 25.4 Å². The van der Waals surface area contributed by atoms with Crippen molar-refractivity contribution in [1.29, 1.82) is 0 Å². The summed E-state index contributed by atoms with van der Waals surface area (Å²) < 4.78 is 13.1. The molecule has 5 aromatic rings. The Kier molecular flexibility index (Phi) is 5.38. The van der Waals surface area contributed by atoms with E-state index in [-0.39, 0.29) is 5.91 Å². The third-order valence-corrected chi connectivity index (χ3v) is 7.30. The summed E-state index contributed by atoms with van der Waals surface area (Å²) in [6.45, 7) is 2.68. The summed E-state index contributed by atoms with van der Waals surface area (Å²) in [6, 6.07) is 9.98. The Labute approximate surface area is 218 Å². The maximum Gasteiger partial charge on any atom is 0.254 e. The van der Waals surface area contributed by atoms with Crippen molar-refractivity contribution in [1.82, 2.24) is 29.6 Å². The predicted molar refractivity (Wildman–Crippen MR) is 142 cm³/mol. The Morgan fingerprint density at radius 3 is 2.92 bits per heavy atom. The van der Waals surface area contributed by atoms with E-state index in [1.54, 1.807) is 12.5 Å². The molecule has 6 heterocycles. The quantitative estimate of drug-likeness (QED) is 0.352. The zero-order valence-electron chi connectivity index (χ0n) is 21.2. The number of imidazole rings is 1. The number of benzene rings is 1. The third kappa shape index (κ3) is 3.72. The summed E-state index contributed by atoms with van der Waals surface area (Å²) >= 11 is 0. The second-order valence-electron chi connectivity index (χ2n) is 10.1. The van der Waals surface area contributed by atoms with Gasteiger partial charge in [0, 0.05) is 37.2 Å². The van der Waals surface area contributed by atoms with Crippen molar-refractivity contribution in [2.75, 3.05) is 32.6 Å². The van der Waals surface area contributed by atoms with Crippen LogP contribution in [-0.4, -0.2) is 57.5 Å². The van der Waals surface area contributed by atoms with Crippen LogP contribution in [0.4, 0.5) is 11.5 Å². The van der Waals surface area contributed by atoms with Gasteiger partial charge in [0.1, 0.15) is 11.3 Å². The monoisotopic (exact) mass is 509 g/mol. The molecule has 10 heteroatoms. The van der Waals surface area contributed by atoms with Crippen LogP contribution < -0.4 is 10.6 Å². The fraction of sp³-hybridized carbons (Fsp3) is 0.286. The molecular formula is C28H27N7O3. The van der Waals surface area contributed by atoms with Gasteiger partial charge in [-0.2, -0.15) is 0 Å². The van der Waals surface area contributed by atoms with Crippen LogP contribution in [0.1, 0.15) is 39.5 Å². The molecule has 1 unspecified atom stereocenters. The van der Waals surface area contributed by atoms with E-state index >= 15 is 0 Å². The first-order chi connectivity index (χ1) is 18.6. The van der Waals surface area contributed by atoms with Crippen LogP contribution >= 0.6 is 0 Å². The van der Waals surface area contributed by atoms with E-state index in [0.29, 0.717) is 35.2 Å². The van der Waals surface area contributed by atoms with Crippen LogP contribution in [-0.2, 0) is 17.8 Å². The number of fused-ring (bicyclic) bond motifs is 4. The Morgan fingerprint density at radius 2 is 2.08 bits per heavy atom. The normalized spacial score (nSPS) is 17.0. The fourth-order valence-corrected chi connectivity index (χ4v) is 5.57. The zero-order chi connectivity index (χ0) is 25.8. The molecule has 1 amide bonds. The summed E-state index contributed by atoms with van der Waals surface area (Å²) in [7, 11) is 4.08. The van der Waals surface area contributed by atoms with Crippen molar-refractivity contribution in [3.05, 3.63) is 71.4 Å². The number of anilines is 2. The van der Waals surface area contributed by atoms with E-state index in [4.69, 9.17) is 14.1 Å². The van der Waals surface area contributed by atoms with Crippen LogP contribution in [0.2, 0.25) is 0 Å². The molecular weight excluding hydrogens is 482 g/mol. The van der Waals surface area contributed by atoms with Crippen LogP contribution in [0.5, 0.6) is 0 Å². The molecule has 1 aromatic carbocycles. The molecule has 2 N–H and O–H groups in total. The van der Waals surface area contributed by atoms with Gasteiger partial charge in [-0.25, -0.2) is 15.0 Å². The molecule has 1 saturated heterocycles. The van der Waals surface area contributed by atoms with Gasteiger partial charge in [-0.05, 0) is 43.8 Å². The van der Waals surface area contributed by atoms with E-state index < -0.39 is 0 Å². The van der Waals surface area contributed by atoms with Crippen LogP contribution in [0.3, 0.4) is 0 Å². The maximum atomic E-state index is 13.0. The highest BCUT2D eigenvalue weighted by atomic mass is 16.5. The molecule has 1 atom stereocenters. The van der Waals surface area contributed by atoms with Crippen molar-refractivity contribution in [2.24, 2.45) is 0 Å². The minimum Gasteiger partial charge on any atom is -0.445 e. The zero-order valence-corrected chi connectivity index (χ0v) is 21.2. The lowest BCUT2D eigenvalue weighted by atomic mass is 9.96. The van der Waals surface area contributed by atoms with Crippen LogP contribution in [0.25, 0.3) is 28.1 Å². The molecule has 10 nitrogen and oxygen atoms in total. The molecule has 1 fully saturated rings. The Bertz CT molecular complexity index is 1700. The van der Waals surface area contributed by atoms with Gasteiger partial charge in [-0.3, -0.25) is 9.20 Å². The van der Waals surface area contributed by atoms with Gasteiger partial charge < -0.3 is 24.7 Å². The number of carbonyl (C=O) groups excluding carboxylic acids is 1. The Morgan fingerprint density at radius 1 is 1.16 bits per heavy atom. The summed E-state index contributed by atoms with van der Waals surface area (Å²) in [6.07, 6.45) is 6.13. The number of ether oxygens (including phenoxy) is 1. The number of furan rings is 1. The highest BCUT2D eigenvalue weighted by Crippen LogP contribution is 2.37. The largest absolute Gasteiger partial charge is 0.445 e. The lowest BCUT2D eigenvalue weighted by Crippen LogP contribution is -2.16. The number of aromatic nitrogens is 4. The van der Waals surface area contributed by atoms with Crippen LogP contribution in [0, 0.1) is 0 Å². The number of hydrogen-bond acceptors (Lipinski definition) is 8. The number of pyridine rings is 1. The van der Waals surface area contributed by atoms with E-state index in [1.807, 2.05) is 49.0 Å². The highest BCUT2D eigenvalue weighted by Gasteiger charge is 2.28. The van der Waals surface area contributed by atoms with Crippen molar-refractivity contribution in [3.63, 3.8) is 0 Å². The molecule has 0 radical (unpaired) electrons. The first kappa shape index (κ1) is 22.9.